The van der Waals surface area contributed by atoms with E-state index in [2.05, 4.69) is 4.74 Å². The Kier molecular flexibility index (Phi) is 5.12. The van der Waals surface area contributed by atoms with Crippen molar-refractivity contribution in [3.8, 4) is 0 Å². The minimum atomic E-state index is -0.358. The zero-order chi connectivity index (χ0) is 14.4. The molecule has 1 amide bonds. The molecule has 2 rings (SSSR count). The van der Waals surface area contributed by atoms with Crippen molar-refractivity contribution < 1.29 is 19.1 Å². The number of esters is 1. The number of morpholine rings is 1. The SMILES string of the molecule is COC(=O)CCC(=O)N1CCOCC1c1ccccc1. The quantitative estimate of drug-likeness (QED) is 0.783. The molecule has 0 aliphatic carbocycles. The fourth-order valence-electron chi connectivity index (χ4n) is 2.31. The second kappa shape index (κ2) is 7.05. The molecule has 0 spiro atoms. The number of benzene rings is 1. The first-order chi connectivity index (χ1) is 9.72. The number of hydrogen-bond acceptors (Lipinski definition) is 4. The number of nitrogens with zero attached hydrogens (tertiary/aromatic N) is 1. The predicted octanol–water partition coefficient (Wildman–Crippen LogP) is 1.54. The van der Waals surface area contributed by atoms with Crippen LogP contribution in [0.5, 0.6) is 0 Å². The summed E-state index contributed by atoms with van der Waals surface area (Å²) in [5.74, 6) is -0.393. The lowest BCUT2D eigenvalue weighted by molar-refractivity contribution is -0.146. The van der Waals surface area contributed by atoms with E-state index in [0.29, 0.717) is 19.8 Å². The summed E-state index contributed by atoms with van der Waals surface area (Å²) < 4.78 is 10.0. The smallest absolute Gasteiger partial charge is 0.306 e. The molecule has 0 radical (unpaired) electrons. The molecular weight excluding hydrogens is 258 g/mol. The Hall–Kier alpha value is -1.88. The molecule has 108 valence electrons. The van der Waals surface area contributed by atoms with Crippen molar-refractivity contribution in [2.45, 2.75) is 18.9 Å². The lowest BCUT2D eigenvalue weighted by Crippen LogP contribution is -2.43. The van der Waals surface area contributed by atoms with Crippen LogP contribution in [0.15, 0.2) is 30.3 Å². The van der Waals surface area contributed by atoms with Gasteiger partial charge in [-0.25, -0.2) is 0 Å². The lowest BCUT2D eigenvalue weighted by atomic mass is 10.0. The average molecular weight is 277 g/mol. The second-order valence-electron chi connectivity index (χ2n) is 4.66. The van der Waals surface area contributed by atoms with Gasteiger partial charge in [-0.3, -0.25) is 9.59 Å². The topological polar surface area (TPSA) is 55.8 Å². The summed E-state index contributed by atoms with van der Waals surface area (Å²) in [6.45, 7) is 1.58. The van der Waals surface area contributed by atoms with Crippen LogP contribution in [0.4, 0.5) is 0 Å². The Morgan fingerprint density at radius 1 is 1.30 bits per heavy atom. The first-order valence-electron chi connectivity index (χ1n) is 6.71. The van der Waals surface area contributed by atoms with Gasteiger partial charge in [-0.2, -0.15) is 0 Å². The number of methoxy groups -OCH3 is 1. The van der Waals surface area contributed by atoms with Crippen molar-refractivity contribution in [3.63, 3.8) is 0 Å². The minimum Gasteiger partial charge on any atom is -0.469 e. The van der Waals surface area contributed by atoms with Crippen molar-refractivity contribution in [2.75, 3.05) is 26.9 Å². The molecule has 0 saturated carbocycles. The summed E-state index contributed by atoms with van der Waals surface area (Å²) >= 11 is 0. The molecule has 5 nitrogen and oxygen atoms in total. The highest BCUT2D eigenvalue weighted by atomic mass is 16.5. The largest absolute Gasteiger partial charge is 0.469 e. The molecule has 1 heterocycles. The molecule has 20 heavy (non-hydrogen) atoms. The highest BCUT2D eigenvalue weighted by Crippen LogP contribution is 2.24. The van der Waals surface area contributed by atoms with Crippen molar-refractivity contribution in [3.05, 3.63) is 35.9 Å². The summed E-state index contributed by atoms with van der Waals surface area (Å²) in [5.41, 5.74) is 1.05. The van der Waals surface area contributed by atoms with Crippen LogP contribution in [-0.4, -0.2) is 43.6 Å². The van der Waals surface area contributed by atoms with Gasteiger partial charge in [0.25, 0.3) is 0 Å². The van der Waals surface area contributed by atoms with E-state index in [-0.39, 0.29) is 30.8 Å². The van der Waals surface area contributed by atoms with Crippen LogP contribution in [0.25, 0.3) is 0 Å². The fourth-order valence-corrected chi connectivity index (χ4v) is 2.31. The maximum absolute atomic E-state index is 12.3. The highest BCUT2D eigenvalue weighted by Gasteiger charge is 2.28. The van der Waals surface area contributed by atoms with Crippen molar-refractivity contribution in [2.24, 2.45) is 0 Å². The molecule has 1 unspecified atom stereocenters. The van der Waals surface area contributed by atoms with Gasteiger partial charge >= 0.3 is 5.97 Å². The molecule has 1 aliphatic rings. The Labute approximate surface area is 118 Å². The van der Waals surface area contributed by atoms with E-state index in [9.17, 15) is 9.59 Å². The normalized spacial score (nSPS) is 18.6. The van der Waals surface area contributed by atoms with Crippen LogP contribution >= 0.6 is 0 Å². The van der Waals surface area contributed by atoms with E-state index in [1.165, 1.54) is 7.11 Å². The molecule has 0 N–H and O–H groups in total. The number of carbonyl (C=O) groups is 2. The van der Waals surface area contributed by atoms with E-state index in [1.807, 2.05) is 30.3 Å². The molecule has 1 fully saturated rings. The third-order valence-electron chi connectivity index (χ3n) is 3.40. The minimum absolute atomic E-state index is 0.0347. The average Bonchev–Trinajstić information content (AvgIpc) is 2.53. The third-order valence-corrected chi connectivity index (χ3v) is 3.40. The van der Waals surface area contributed by atoms with Gasteiger partial charge < -0.3 is 14.4 Å². The van der Waals surface area contributed by atoms with Gasteiger partial charge in [0.15, 0.2) is 0 Å². The van der Waals surface area contributed by atoms with Gasteiger partial charge in [0, 0.05) is 13.0 Å². The van der Waals surface area contributed by atoms with Crippen molar-refractivity contribution in [1.29, 1.82) is 0 Å². The number of ether oxygens (including phenoxy) is 2. The van der Waals surface area contributed by atoms with Crippen molar-refractivity contribution in [1.82, 2.24) is 4.90 Å². The molecule has 0 aromatic heterocycles. The van der Waals surface area contributed by atoms with E-state index in [4.69, 9.17) is 4.74 Å². The standard InChI is InChI=1S/C15H19NO4/c1-19-15(18)8-7-14(17)16-9-10-20-11-13(16)12-5-3-2-4-6-12/h2-6,13H,7-11H2,1H3. The summed E-state index contributed by atoms with van der Waals surface area (Å²) in [6.07, 6.45) is 0.296. The lowest BCUT2D eigenvalue weighted by Gasteiger charge is -2.36. The van der Waals surface area contributed by atoms with Gasteiger partial charge in [0.05, 0.1) is 32.8 Å². The van der Waals surface area contributed by atoms with E-state index < -0.39 is 0 Å². The number of carbonyl (C=O) groups excluding carboxylic acids is 2. The molecule has 1 saturated heterocycles. The first kappa shape index (κ1) is 14.5. The Morgan fingerprint density at radius 2 is 2.05 bits per heavy atom. The predicted molar refractivity (Wildman–Crippen MR) is 73.0 cm³/mol. The summed E-state index contributed by atoms with van der Waals surface area (Å²) in [5, 5.41) is 0. The molecule has 1 aromatic carbocycles. The summed E-state index contributed by atoms with van der Waals surface area (Å²) in [7, 11) is 1.33. The van der Waals surface area contributed by atoms with E-state index >= 15 is 0 Å². The molecule has 5 heteroatoms. The van der Waals surface area contributed by atoms with E-state index in [0.717, 1.165) is 5.56 Å². The van der Waals surface area contributed by atoms with Crippen LogP contribution < -0.4 is 0 Å². The number of rotatable bonds is 4. The summed E-state index contributed by atoms with van der Waals surface area (Å²) in [6, 6.07) is 9.73. The van der Waals surface area contributed by atoms with Crippen LogP contribution in [0.3, 0.4) is 0 Å². The first-order valence-corrected chi connectivity index (χ1v) is 6.71. The molecule has 1 aliphatic heterocycles. The summed E-state index contributed by atoms with van der Waals surface area (Å²) in [4.78, 5) is 25.2. The van der Waals surface area contributed by atoms with E-state index in [1.54, 1.807) is 4.90 Å². The van der Waals surface area contributed by atoms with Gasteiger partial charge in [0.1, 0.15) is 0 Å². The van der Waals surface area contributed by atoms with Gasteiger partial charge in [-0.05, 0) is 5.56 Å². The van der Waals surface area contributed by atoms with Crippen LogP contribution in [0.2, 0.25) is 0 Å². The van der Waals surface area contributed by atoms with Crippen molar-refractivity contribution >= 4 is 11.9 Å². The number of hydrogen-bond donors (Lipinski definition) is 0. The highest BCUT2D eigenvalue weighted by molar-refractivity contribution is 5.81. The zero-order valence-electron chi connectivity index (χ0n) is 11.6. The number of amides is 1. The second-order valence-corrected chi connectivity index (χ2v) is 4.66. The maximum atomic E-state index is 12.3. The Balaban J connectivity index is 2.03. The molecular formula is C15H19NO4. The molecule has 1 atom stereocenters. The zero-order valence-corrected chi connectivity index (χ0v) is 11.6. The van der Waals surface area contributed by atoms with Gasteiger partial charge in [-0.1, -0.05) is 30.3 Å². The fraction of sp³-hybridized carbons (Fsp3) is 0.467. The third kappa shape index (κ3) is 3.57. The van der Waals surface area contributed by atoms with Gasteiger partial charge in [-0.15, -0.1) is 0 Å². The monoisotopic (exact) mass is 277 g/mol. The Morgan fingerprint density at radius 3 is 2.75 bits per heavy atom. The van der Waals surface area contributed by atoms with Crippen LogP contribution in [0.1, 0.15) is 24.4 Å². The molecule has 0 bridgehead atoms. The van der Waals surface area contributed by atoms with Crippen LogP contribution in [-0.2, 0) is 19.1 Å². The Bertz CT molecular complexity index is 460. The van der Waals surface area contributed by atoms with Crippen LogP contribution in [0, 0.1) is 0 Å². The molecule has 1 aromatic rings. The maximum Gasteiger partial charge on any atom is 0.306 e. The van der Waals surface area contributed by atoms with Gasteiger partial charge in [0.2, 0.25) is 5.91 Å².